The van der Waals surface area contributed by atoms with Crippen molar-refractivity contribution in [2.45, 2.75) is 0 Å². The second-order valence-corrected chi connectivity index (χ2v) is 4.92. The van der Waals surface area contributed by atoms with E-state index in [1.54, 1.807) is 37.1 Å². The van der Waals surface area contributed by atoms with Crippen LogP contribution in [0.4, 0.5) is 17.2 Å². The lowest BCUT2D eigenvalue weighted by Crippen LogP contribution is -1.94. The van der Waals surface area contributed by atoms with Crippen LogP contribution >= 0.6 is 0 Å². The molecule has 0 spiro atoms. The van der Waals surface area contributed by atoms with E-state index in [2.05, 4.69) is 15.3 Å². The summed E-state index contributed by atoms with van der Waals surface area (Å²) in [6, 6.07) is 14.9. The quantitative estimate of drug-likeness (QED) is 0.570. The fraction of sp³-hybridized carbons (Fsp3) is 0.118. The summed E-state index contributed by atoms with van der Waals surface area (Å²) in [6.45, 7) is 0. The number of hydrogen-bond donors (Lipinski definition) is 1. The third-order valence-corrected chi connectivity index (χ3v) is 3.39. The first-order chi connectivity index (χ1) is 11.7. The molecule has 7 heteroatoms. The Balaban J connectivity index is 1.88. The van der Waals surface area contributed by atoms with Crippen LogP contribution in [-0.2, 0) is 0 Å². The molecule has 0 aliphatic carbocycles. The van der Waals surface area contributed by atoms with Crippen LogP contribution in [0.15, 0.2) is 65.0 Å². The number of aromatic nitrogens is 2. The van der Waals surface area contributed by atoms with Crippen LogP contribution in [0.5, 0.6) is 11.5 Å². The van der Waals surface area contributed by atoms with Crippen molar-refractivity contribution in [3.8, 4) is 17.2 Å². The number of benzene rings is 2. The van der Waals surface area contributed by atoms with Gasteiger partial charge < -0.3 is 15.2 Å². The van der Waals surface area contributed by atoms with Crippen molar-refractivity contribution in [1.82, 2.24) is 9.78 Å². The zero-order chi connectivity index (χ0) is 16.9. The number of para-hydroxylation sites is 1. The highest BCUT2D eigenvalue weighted by molar-refractivity contribution is 5.66. The number of hydrogen-bond acceptors (Lipinski definition) is 6. The van der Waals surface area contributed by atoms with E-state index in [-0.39, 0.29) is 0 Å². The Hall–Kier alpha value is -3.35. The summed E-state index contributed by atoms with van der Waals surface area (Å²) >= 11 is 0. The Morgan fingerprint density at radius 3 is 2.42 bits per heavy atom. The first-order valence-corrected chi connectivity index (χ1v) is 7.25. The van der Waals surface area contributed by atoms with E-state index in [4.69, 9.17) is 15.2 Å². The molecule has 3 aromatic rings. The van der Waals surface area contributed by atoms with Gasteiger partial charge in [-0.05, 0) is 12.1 Å². The molecule has 0 aliphatic heterocycles. The zero-order valence-electron chi connectivity index (χ0n) is 13.4. The van der Waals surface area contributed by atoms with Crippen molar-refractivity contribution < 1.29 is 9.47 Å². The highest BCUT2D eigenvalue weighted by atomic mass is 16.5. The number of nitrogens with zero attached hydrogens (tertiary/aromatic N) is 4. The highest BCUT2D eigenvalue weighted by Gasteiger charge is 2.09. The summed E-state index contributed by atoms with van der Waals surface area (Å²) in [7, 11) is 3.09. The number of nitrogen functional groups attached to an aromatic ring is 1. The molecule has 0 radical (unpaired) electrons. The van der Waals surface area contributed by atoms with E-state index in [0.29, 0.717) is 28.7 Å². The summed E-state index contributed by atoms with van der Waals surface area (Å²) in [5.41, 5.74) is 7.79. The smallest absolute Gasteiger partial charge is 0.196 e. The van der Waals surface area contributed by atoms with Crippen LogP contribution in [0.25, 0.3) is 5.69 Å². The van der Waals surface area contributed by atoms with Gasteiger partial charge in [-0.25, -0.2) is 4.68 Å². The van der Waals surface area contributed by atoms with Gasteiger partial charge in [0.25, 0.3) is 0 Å². The standard InChI is InChI=1S/C17H17N5O2/c1-23-15-11-14(16(24-2)10-13(15)18)19-20-17-8-9-22(21-17)12-6-4-3-5-7-12/h3-11H,18H2,1-2H3. The van der Waals surface area contributed by atoms with Crippen molar-refractivity contribution in [2.24, 2.45) is 10.2 Å². The van der Waals surface area contributed by atoms with Gasteiger partial charge in [-0.2, -0.15) is 0 Å². The Bertz CT molecular complexity index is 859. The highest BCUT2D eigenvalue weighted by Crippen LogP contribution is 2.37. The maximum absolute atomic E-state index is 5.86. The third kappa shape index (κ3) is 3.19. The van der Waals surface area contributed by atoms with Gasteiger partial charge in [-0.1, -0.05) is 18.2 Å². The number of anilines is 1. The Kier molecular flexibility index (Phi) is 4.42. The van der Waals surface area contributed by atoms with E-state index in [1.165, 1.54) is 0 Å². The molecular weight excluding hydrogens is 306 g/mol. The fourth-order valence-corrected chi connectivity index (χ4v) is 2.18. The van der Waals surface area contributed by atoms with Gasteiger partial charge in [0.1, 0.15) is 17.2 Å². The third-order valence-electron chi connectivity index (χ3n) is 3.39. The van der Waals surface area contributed by atoms with E-state index in [9.17, 15) is 0 Å². The molecular formula is C17H17N5O2. The zero-order valence-corrected chi connectivity index (χ0v) is 13.4. The lowest BCUT2D eigenvalue weighted by Gasteiger charge is -2.08. The lowest BCUT2D eigenvalue weighted by atomic mass is 10.2. The van der Waals surface area contributed by atoms with Gasteiger partial charge in [0.05, 0.1) is 25.6 Å². The molecule has 0 fully saturated rings. The summed E-state index contributed by atoms with van der Waals surface area (Å²) in [5, 5.41) is 12.7. The summed E-state index contributed by atoms with van der Waals surface area (Å²) < 4.78 is 12.2. The summed E-state index contributed by atoms with van der Waals surface area (Å²) in [4.78, 5) is 0. The molecule has 0 bridgehead atoms. The minimum Gasteiger partial charge on any atom is -0.495 e. The molecule has 0 amide bonds. The maximum atomic E-state index is 5.86. The predicted molar refractivity (Wildman–Crippen MR) is 91.7 cm³/mol. The van der Waals surface area contributed by atoms with Gasteiger partial charge in [-0.3, -0.25) is 0 Å². The van der Waals surface area contributed by atoms with E-state index < -0.39 is 0 Å². The molecule has 7 nitrogen and oxygen atoms in total. The van der Waals surface area contributed by atoms with Gasteiger partial charge >= 0.3 is 0 Å². The Morgan fingerprint density at radius 1 is 0.958 bits per heavy atom. The molecule has 1 aromatic heterocycles. The number of rotatable bonds is 5. The predicted octanol–water partition coefficient (Wildman–Crippen LogP) is 3.89. The average Bonchev–Trinajstić information content (AvgIpc) is 3.10. The van der Waals surface area contributed by atoms with E-state index in [1.807, 2.05) is 36.5 Å². The van der Waals surface area contributed by atoms with Crippen LogP contribution in [0.1, 0.15) is 0 Å². The van der Waals surface area contributed by atoms with Crippen molar-refractivity contribution >= 4 is 17.2 Å². The molecule has 0 atom stereocenters. The fourth-order valence-electron chi connectivity index (χ4n) is 2.18. The average molecular weight is 323 g/mol. The minimum absolute atomic E-state index is 0.474. The second kappa shape index (κ2) is 6.82. The van der Waals surface area contributed by atoms with Gasteiger partial charge in [-0.15, -0.1) is 15.3 Å². The normalized spacial score (nSPS) is 10.9. The molecule has 2 aromatic carbocycles. The monoisotopic (exact) mass is 323 g/mol. The SMILES string of the molecule is COc1cc(N=Nc2ccn(-c3ccccc3)n2)c(OC)cc1N. The van der Waals surface area contributed by atoms with Crippen LogP contribution in [0.3, 0.4) is 0 Å². The first-order valence-electron chi connectivity index (χ1n) is 7.25. The first kappa shape index (κ1) is 15.5. The largest absolute Gasteiger partial charge is 0.495 e. The van der Waals surface area contributed by atoms with Crippen molar-refractivity contribution in [1.29, 1.82) is 0 Å². The van der Waals surface area contributed by atoms with Crippen LogP contribution < -0.4 is 15.2 Å². The van der Waals surface area contributed by atoms with Gasteiger partial charge in [0.2, 0.25) is 0 Å². The molecule has 0 unspecified atom stereocenters. The molecule has 2 N–H and O–H groups in total. The van der Waals surface area contributed by atoms with E-state index in [0.717, 1.165) is 5.69 Å². The number of methoxy groups -OCH3 is 2. The molecule has 0 saturated heterocycles. The lowest BCUT2D eigenvalue weighted by molar-refractivity contribution is 0.406. The minimum atomic E-state index is 0.474. The van der Waals surface area contributed by atoms with E-state index >= 15 is 0 Å². The molecule has 1 heterocycles. The van der Waals surface area contributed by atoms with Crippen LogP contribution in [0, 0.1) is 0 Å². The summed E-state index contributed by atoms with van der Waals surface area (Å²) in [6.07, 6.45) is 1.82. The molecule has 122 valence electrons. The van der Waals surface area contributed by atoms with Crippen LogP contribution in [-0.4, -0.2) is 24.0 Å². The van der Waals surface area contributed by atoms with Crippen molar-refractivity contribution in [3.63, 3.8) is 0 Å². The topological polar surface area (TPSA) is 87.0 Å². The molecule has 0 aliphatic rings. The maximum Gasteiger partial charge on any atom is 0.196 e. The van der Waals surface area contributed by atoms with Gasteiger partial charge in [0, 0.05) is 24.4 Å². The van der Waals surface area contributed by atoms with Gasteiger partial charge in [0.15, 0.2) is 5.82 Å². The number of ether oxygens (including phenoxy) is 2. The Labute approximate surface area is 139 Å². The van der Waals surface area contributed by atoms with Crippen molar-refractivity contribution in [2.75, 3.05) is 20.0 Å². The van der Waals surface area contributed by atoms with Crippen molar-refractivity contribution in [3.05, 3.63) is 54.7 Å². The number of nitrogens with two attached hydrogens (primary N) is 1. The second-order valence-electron chi connectivity index (χ2n) is 4.92. The van der Waals surface area contributed by atoms with Crippen LogP contribution in [0.2, 0.25) is 0 Å². The summed E-state index contributed by atoms with van der Waals surface area (Å²) in [5.74, 6) is 1.51. The Morgan fingerprint density at radius 2 is 1.71 bits per heavy atom. The number of azo groups is 1. The molecule has 3 rings (SSSR count). The molecule has 0 saturated carbocycles. The molecule has 24 heavy (non-hydrogen) atoms.